The van der Waals surface area contributed by atoms with Crippen molar-refractivity contribution in [2.24, 2.45) is 11.8 Å². The van der Waals surface area contributed by atoms with E-state index in [1.165, 1.54) is 5.56 Å². The van der Waals surface area contributed by atoms with Crippen molar-refractivity contribution < 1.29 is 0 Å². The van der Waals surface area contributed by atoms with Gasteiger partial charge in [-0.2, -0.15) is 0 Å². The highest BCUT2D eigenvalue weighted by molar-refractivity contribution is 9.26. The molecular formula is C14H11Br3. The maximum atomic E-state index is 3.86. The van der Waals surface area contributed by atoms with Gasteiger partial charge >= 0.3 is 0 Å². The number of alkyl halides is 3. The molecule has 17 heavy (non-hydrogen) atoms. The highest BCUT2D eigenvalue weighted by Gasteiger charge is 2.66. The minimum Gasteiger partial charge on any atom is -0.0862 e. The van der Waals surface area contributed by atoms with Gasteiger partial charge in [0.1, 0.15) is 0 Å². The summed E-state index contributed by atoms with van der Waals surface area (Å²) in [6.07, 6.45) is 4.82. The van der Waals surface area contributed by atoms with Crippen LogP contribution in [-0.2, 0) is 0 Å². The smallest absolute Gasteiger partial charge is 0.0862 e. The number of rotatable bonds is 0. The lowest BCUT2D eigenvalue weighted by Gasteiger charge is -2.62. The first-order valence-corrected chi connectivity index (χ1v) is 8.41. The van der Waals surface area contributed by atoms with E-state index in [9.17, 15) is 0 Å². The summed E-state index contributed by atoms with van der Waals surface area (Å²) in [7, 11) is 0. The van der Waals surface area contributed by atoms with Gasteiger partial charge in [-0.15, -0.1) is 0 Å². The lowest BCUT2D eigenvalue weighted by molar-refractivity contribution is 0.130. The van der Waals surface area contributed by atoms with Crippen molar-refractivity contribution in [2.45, 2.75) is 19.9 Å². The molecule has 1 fully saturated rings. The molecule has 0 amide bonds. The second kappa shape index (κ2) is 3.49. The van der Waals surface area contributed by atoms with E-state index in [4.69, 9.17) is 0 Å². The van der Waals surface area contributed by atoms with Gasteiger partial charge in [0.2, 0.25) is 0 Å². The van der Waals surface area contributed by atoms with Crippen LogP contribution in [0.2, 0.25) is 0 Å². The fourth-order valence-corrected chi connectivity index (χ4v) is 6.61. The van der Waals surface area contributed by atoms with Crippen molar-refractivity contribution in [3.8, 4) is 0 Å². The molecule has 0 spiro atoms. The zero-order valence-corrected chi connectivity index (χ0v) is 13.7. The van der Waals surface area contributed by atoms with Crippen LogP contribution in [0.4, 0.5) is 0 Å². The van der Waals surface area contributed by atoms with Gasteiger partial charge in [0.05, 0.1) is 3.23 Å². The van der Waals surface area contributed by atoms with Gasteiger partial charge in [0, 0.05) is 22.6 Å². The predicted octanol–water partition coefficient (Wildman–Crippen LogP) is 4.93. The van der Waals surface area contributed by atoms with Gasteiger partial charge in [-0.1, -0.05) is 84.2 Å². The molecule has 0 aliphatic heterocycles. The third-order valence-electron chi connectivity index (χ3n) is 4.61. The predicted molar refractivity (Wildman–Crippen MR) is 81.3 cm³/mol. The van der Waals surface area contributed by atoms with Crippen molar-refractivity contribution >= 4 is 47.8 Å². The summed E-state index contributed by atoms with van der Waals surface area (Å²) in [6, 6.07) is 8.93. The number of allylic oxidation sites excluding steroid dienone is 2. The average molecular weight is 419 g/mol. The van der Waals surface area contributed by atoms with Crippen LogP contribution in [0.5, 0.6) is 0 Å². The second-order valence-electron chi connectivity index (χ2n) is 5.24. The van der Waals surface area contributed by atoms with E-state index in [-0.39, 0.29) is 3.23 Å². The molecule has 88 valence electrons. The largest absolute Gasteiger partial charge is 0.0972 e. The molecule has 0 unspecified atom stereocenters. The van der Waals surface area contributed by atoms with E-state index >= 15 is 0 Å². The molecule has 5 atom stereocenters. The van der Waals surface area contributed by atoms with Crippen molar-refractivity contribution in [1.29, 1.82) is 0 Å². The van der Waals surface area contributed by atoms with Gasteiger partial charge in [0.25, 0.3) is 0 Å². The minimum absolute atomic E-state index is 0.0614. The molecule has 1 aromatic carbocycles. The Labute approximate surface area is 126 Å². The highest BCUT2D eigenvalue weighted by atomic mass is 79.9. The third kappa shape index (κ3) is 1.24. The Morgan fingerprint density at radius 1 is 0.941 bits per heavy atom. The first-order valence-electron chi connectivity index (χ1n) is 5.91. The summed E-state index contributed by atoms with van der Waals surface area (Å²) >= 11 is 11.6. The molecule has 3 heteroatoms. The maximum Gasteiger partial charge on any atom is 0.0972 e. The van der Waals surface area contributed by atoms with Crippen LogP contribution in [0.1, 0.15) is 23.0 Å². The van der Waals surface area contributed by atoms with Crippen LogP contribution >= 0.6 is 47.8 Å². The summed E-state index contributed by atoms with van der Waals surface area (Å²) in [6.45, 7) is 0. The Hall–Kier alpha value is 0.400. The normalized spacial score (nSPS) is 43.8. The average Bonchev–Trinajstić information content (AvgIpc) is 2.38. The Morgan fingerprint density at radius 3 is 2.24 bits per heavy atom. The van der Waals surface area contributed by atoms with Gasteiger partial charge < -0.3 is 0 Å². The number of hydrogen-bond donors (Lipinski definition) is 0. The van der Waals surface area contributed by atoms with Crippen LogP contribution in [-0.4, -0.2) is 8.06 Å². The second-order valence-corrected chi connectivity index (χ2v) is 9.92. The van der Waals surface area contributed by atoms with Crippen molar-refractivity contribution in [2.75, 3.05) is 0 Å². The fourth-order valence-electron chi connectivity index (χ4n) is 3.86. The molecule has 0 radical (unpaired) electrons. The van der Waals surface area contributed by atoms with E-state index in [0.29, 0.717) is 22.6 Å². The molecule has 0 aromatic heterocycles. The molecule has 0 nitrogen and oxygen atoms in total. The van der Waals surface area contributed by atoms with E-state index in [0.717, 1.165) is 5.92 Å². The molecule has 0 N–H and O–H groups in total. The minimum atomic E-state index is 0.0614. The van der Waals surface area contributed by atoms with Crippen LogP contribution in [0.25, 0.3) is 0 Å². The molecule has 5 rings (SSSR count). The molecule has 4 aliphatic rings. The Balaban J connectivity index is 1.91. The summed E-state index contributed by atoms with van der Waals surface area (Å²) in [4.78, 5) is 0.505. The summed E-state index contributed by atoms with van der Waals surface area (Å²) in [5.74, 6) is 2.54. The Bertz CT molecular complexity index is 520. The first kappa shape index (κ1) is 11.2. The van der Waals surface area contributed by atoms with Gasteiger partial charge in [-0.25, -0.2) is 0 Å². The maximum absolute atomic E-state index is 3.86. The first-order chi connectivity index (χ1) is 8.12. The summed E-state index contributed by atoms with van der Waals surface area (Å²) in [5, 5.41) is 0. The van der Waals surface area contributed by atoms with Crippen molar-refractivity contribution in [3.05, 3.63) is 47.5 Å². The van der Waals surface area contributed by atoms with Gasteiger partial charge in [0.15, 0.2) is 0 Å². The summed E-state index contributed by atoms with van der Waals surface area (Å²) < 4.78 is 0.0614. The molecule has 0 saturated heterocycles. The lowest BCUT2D eigenvalue weighted by atomic mass is 9.51. The molecule has 1 saturated carbocycles. The van der Waals surface area contributed by atoms with Crippen LogP contribution in [0.3, 0.4) is 0 Å². The quantitative estimate of drug-likeness (QED) is 0.414. The van der Waals surface area contributed by atoms with Crippen LogP contribution in [0, 0.1) is 11.8 Å². The van der Waals surface area contributed by atoms with E-state index in [1.54, 1.807) is 5.56 Å². The Kier molecular flexibility index (Phi) is 2.31. The molecule has 4 aliphatic carbocycles. The fraction of sp³-hybridized carbons (Fsp3) is 0.429. The van der Waals surface area contributed by atoms with E-state index in [2.05, 4.69) is 84.2 Å². The third-order valence-corrected chi connectivity index (χ3v) is 9.21. The zero-order chi connectivity index (χ0) is 11.8. The van der Waals surface area contributed by atoms with Gasteiger partial charge in [-0.05, 0) is 17.0 Å². The van der Waals surface area contributed by atoms with Crippen LogP contribution < -0.4 is 0 Å². The molecule has 0 heterocycles. The zero-order valence-electron chi connectivity index (χ0n) is 8.98. The van der Waals surface area contributed by atoms with E-state index in [1.807, 2.05) is 0 Å². The number of halogens is 3. The van der Waals surface area contributed by atoms with Crippen molar-refractivity contribution in [1.82, 2.24) is 0 Å². The standard InChI is InChI=1S/C14H11Br3/c15-13-11-9-5-6-10(12(11)14(13,16)17)8-4-2-1-3-7(8)9/h1-6,9-13H/t9-,10+,11-,12+,13+/m0/s1. The van der Waals surface area contributed by atoms with Crippen LogP contribution in [0.15, 0.2) is 36.4 Å². The topological polar surface area (TPSA) is 0 Å². The Morgan fingerprint density at radius 2 is 1.53 bits per heavy atom. The molecule has 2 bridgehead atoms. The molecular weight excluding hydrogens is 408 g/mol. The van der Waals surface area contributed by atoms with Crippen molar-refractivity contribution in [3.63, 3.8) is 0 Å². The number of hydrogen-bond acceptors (Lipinski definition) is 0. The van der Waals surface area contributed by atoms with E-state index < -0.39 is 0 Å². The SMILES string of the molecule is Br[C@@H]1[C@@H]2[C@@H]([C@@H]3C=C[C@H]2c2ccccc23)C1(Br)Br. The summed E-state index contributed by atoms with van der Waals surface area (Å²) in [5.41, 5.74) is 3.07. The lowest BCUT2D eigenvalue weighted by Crippen LogP contribution is -2.62. The monoisotopic (exact) mass is 416 g/mol. The highest BCUT2D eigenvalue weighted by Crippen LogP contribution is 2.70. The molecule has 1 aromatic rings. The number of benzene rings is 1. The van der Waals surface area contributed by atoms with Gasteiger partial charge in [-0.3, -0.25) is 0 Å².